The quantitative estimate of drug-likeness (QED) is 0.831. The van der Waals surface area contributed by atoms with E-state index in [2.05, 4.69) is 20.8 Å². The Kier molecular flexibility index (Phi) is 5.18. The van der Waals surface area contributed by atoms with Crippen molar-refractivity contribution in [3.8, 4) is 0 Å². The monoisotopic (exact) mass is 283 g/mol. The number of amides is 1. The van der Waals surface area contributed by atoms with E-state index in [1.165, 1.54) is 31.0 Å². The van der Waals surface area contributed by atoms with Crippen molar-refractivity contribution in [2.45, 2.75) is 68.9 Å². The van der Waals surface area contributed by atoms with Crippen LogP contribution >= 0.6 is 11.8 Å². The van der Waals surface area contributed by atoms with Crippen LogP contribution in [0.2, 0.25) is 0 Å². The molecule has 1 saturated carbocycles. The predicted octanol–water partition coefficient (Wildman–Crippen LogP) is 1.62. The number of rotatable bonds is 5. The minimum atomic E-state index is -0.168. The highest BCUT2D eigenvalue weighted by atomic mass is 32.2. The van der Waals surface area contributed by atoms with Gasteiger partial charge in [0, 0.05) is 12.6 Å². The third-order valence-electron chi connectivity index (χ3n) is 3.40. The predicted molar refractivity (Wildman–Crippen MR) is 73.8 cm³/mol. The molecule has 1 aliphatic carbocycles. The van der Waals surface area contributed by atoms with Crippen molar-refractivity contribution in [2.75, 3.05) is 0 Å². The molecule has 1 aliphatic rings. The summed E-state index contributed by atoms with van der Waals surface area (Å²) in [5.41, 5.74) is 0. The summed E-state index contributed by atoms with van der Waals surface area (Å²) in [6, 6.07) is 0.353. The summed E-state index contributed by atoms with van der Waals surface area (Å²) in [6.07, 6.45) is 5.95. The van der Waals surface area contributed by atoms with Crippen molar-refractivity contribution in [1.29, 1.82) is 0 Å². The maximum atomic E-state index is 12.1. The number of hydrogen-bond acceptors (Lipinski definition) is 5. The summed E-state index contributed by atoms with van der Waals surface area (Å²) in [5.74, 6) is 0.0857. The summed E-state index contributed by atoms with van der Waals surface area (Å²) in [6.45, 7) is 4.59. The lowest BCUT2D eigenvalue weighted by molar-refractivity contribution is -0.121. The zero-order valence-corrected chi connectivity index (χ0v) is 12.3. The molecule has 0 aromatic carbocycles. The molecule has 1 aromatic heterocycles. The molecule has 19 heavy (non-hydrogen) atoms. The standard InChI is InChI=1S/C12H21N5OS/c1-3-17-12(14-15-16-17)19-9(2)11(18)13-10-7-5-4-6-8-10/h9-10H,3-8H2,1-2H3,(H,13,18)/t9-/m0/s1. The maximum absolute atomic E-state index is 12.1. The van der Waals surface area contributed by atoms with Crippen molar-refractivity contribution >= 4 is 17.7 Å². The molecule has 0 saturated heterocycles. The first-order valence-corrected chi connectivity index (χ1v) is 7.82. The van der Waals surface area contributed by atoms with Crippen LogP contribution < -0.4 is 5.32 Å². The summed E-state index contributed by atoms with van der Waals surface area (Å²) in [5, 5.41) is 15.1. The molecular formula is C12H21N5OS. The van der Waals surface area contributed by atoms with Gasteiger partial charge in [0.25, 0.3) is 0 Å². The number of nitrogens with one attached hydrogen (secondary N) is 1. The molecule has 1 atom stereocenters. The molecular weight excluding hydrogens is 262 g/mol. The summed E-state index contributed by atoms with van der Waals surface area (Å²) in [4.78, 5) is 12.1. The fourth-order valence-electron chi connectivity index (χ4n) is 2.26. The fraction of sp³-hybridized carbons (Fsp3) is 0.833. The lowest BCUT2D eigenvalue weighted by atomic mass is 9.95. The molecule has 1 N–H and O–H groups in total. The normalized spacial score (nSPS) is 18.2. The van der Waals surface area contributed by atoms with Gasteiger partial charge in [-0.2, -0.15) is 0 Å². The minimum Gasteiger partial charge on any atom is -0.352 e. The van der Waals surface area contributed by atoms with Crippen molar-refractivity contribution in [2.24, 2.45) is 0 Å². The van der Waals surface area contributed by atoms with Crippen molar-refractivity contribution in [3.63, 3.8) is 0 Å². The molecule has 1 heterocycles. The highest BCUT2D eigenvalue weighted by Crippen LogP contribution is 2.22. The molecule has 0 radical (unpaired) electrons. The number of aryl methyl sites for hydroxylation is 1. The van der Waals surface area contributed by atoms with E-state index >= 15 is 0 Å². The molecule has 1 amide bonds. The number of tetrazole rings is 1. The highest BCUT2D eigenvalue weighted by molar-refractivity contribution is 8.00. The Hall–Kier alpha value is -1.11. The Bertz CT molecular complexity index is 416. The molecule has 106 valence electrons. The van der Waals surface area contributed by atoms with Crippen molar-refractivity contribution in [1.82, 2.24) is 25.5 Å². The van der Waals surface area contributed by atoms with E-state index in [0.29, 0.717) is 17.7 Å². The third kappa shape index (κ3) is 3.92. The zero-order chi connectivity index (χ0) is 13.7. The first kappa shape index (κ1) is 14.3. The van der Waals surface area contributed by atoms with Crippen LogP contribution in [0.4, 0.5) is 0 Å². The van der Waals surface area contributed by atoms with Gasteiger partial charge in [0.15, 0.2) is 0 Å². The van der Waals surface area contributed by atoms with Crippen molar-refractivity contribution < 1.29 is 4.79 Å². The molecule has 6 nitrogen and oxygen atoms in total. The van der Waals surface area contributed by atoms with Gasteiger partial charge in [-0.15, -0.1) is 5.10 Å². The minimum absolute atomic E-state index is 0.0857. The van der Waals surface area contributed by atoms with Gasteiger partial charge >= 0.3 is 0 Å². The number of nitrogens with zero attached hydrogens (tertiary/aromatic N) is 4. The first-order chi connectivity index (χ1) is 9.20. The molecule has 0 unspecified atom stereocenters. The van der Waals surface area contributed by atoms with E-state index in [1.807, 2.05) is 13.8 Å². The average molecular weight is 283 g/mol. The van der Waals surface area contributed by atoms with Gasteiger partial charge in [-0.25, -0.2) is 4.68 Å². The molecule has 2 rings (SSSR count). The van der Waals surface area contributed by atoms with Gasteiger partial charge in [0.05, 0.1) is 5.25 Å². The largest absolute Gasteiger partial charge is 0.352 e. The Labute approximate surface area is 117 Å². The second kappa shape index (κ2) is 6.88. The molecule has 7 heteroatoms. The van der Waals surface area contributed by atoms with Crippen LogP contribution in [0.15, 0.2) is 5.16 Å². The molecule has 0 bridgehead atoms. The average Bonchev–Trinajstić information content (AvgIpc) is 2.87. The summed E-state index contributed by atoms with van der Waals surface area (Å²) < 4.78 is 1.70. The van der Waals surface area contributed by atoms with Gasteiger partial charge in [0.1, 0.15) is 0 Å². The Balaban J connectivity index is 1.85. The van der Waals surface area contributed by atoms with Crippen LogP contribution in [0.5, 0.6) is 0 Å². The van der Waals surface area contributed by atoms with Crippen LogP contribution in [-0.4, -0.2) is 37.4 Å². The van der Waals surface area contributed by atoms with Gasteiger partial charge in [-0.1, -0.05) is 31.0 Å². The topological polar surface area (TPSA) is 72.7 Å². The number of carbonyl (C=O) groups is 1. The molecule has 1 fully saturated rings. The van der Waals surface area contributed by atoms with E-state index in [1.54, 1.807) is 4.68 Å². The number of thioether (sulfide) groups is 1. The van der Waals surface area contributed by atoms with Crippen LogP contribution in [0.1, 0.15) is 46.0 Å². The smallest absolute Gasteiger partial charge is 0.233 e. The van der Waals surface area contributed by atoms with Gasteiger partial charge in [-0.05, 0) is 37.1 Å². The molecule has 0 aliphatic heterocycles. The highest BCUT2D eigenvalue weighted by Gasteiger charge is 2.22. The fourth-order valence-corrected chi connectivity index (χ4v) is 3.12. The molecule has 1 aromatic rings. The Morgan fingerprint density at radius 3 is 2.89 bits per heavy atom. The Morgan fingerprint density at radius 1 is 1.47 bits per heavy atom. The SMILES string of the molecule is CCn1nnnc1S[C@@H](C)C(=O)NC1CCCCC1. The second-order valence-electron chi connectivity index (χ2n) is 4.88. The Morgan fingerprint density at radius 2 is 2.21 bits per heavy atom. The third-order valence-corrected chi connectivity index (χ3v) is 4.47. The van der Waals surface area contributed by atoms with Gasteiger partial charge in [-0.3, -0.25) is 4.79 Å². The van der Waals surface area contributed by atoms with Crippen LogP contribution in [0, 0.1) is 0 Å². The van der Waals surface area contributed by atoms with E-state index < -0.39 is 0 Å². The first-order valence-electron chi connectivity index (χ1n) is 6.94. The summed E-state index contributed by atoms with van der Waals surface area (Å²) in [7, 11) is 0. The number of carbonyl (C=O) groups excluding carboxylic acids is 1. The summed E-state index contributed by atoms with van der Waals surface area (Å²) >= 11 is 1.41. The second-order valence-corrected chi connectivity index (χ2v) is 6.19. The van der Waals surface area contributed by atoms with E-state index in [0.717, 1.165) is 12.8 Å². The zero-order valence-electron chi connectivity index (χ0n) is 11.5. The maximum Gasteiger partial charge on any atom is 0.233 e. The lowest BCUT2D eigenvalue weighted by Crippen LogP contribution is -2.40. The van der Waals surface area contributed by atoms with Gasteiger partial charge < -0.3 is 5.32 Å². The van der Waals surface area contributed by atoms with Crippen LogP contribution in [0.3, 0.4) is 0 Å². The van der Waals surface area contributed by atoms with E-state index in [9.17, 15) is 4.79 Å². The van der Waals surface area contributed by atoms with Gasteiger partial charge in [0.2, 0.25) is 11.1 Å². The number of hydrogen-bond donors (Lipinski definition) is 1. The van der Waals surface area contributed by atoms with E-state index in [-0.39, 0.29) is 11.2 Å². The number of aromatic nitrogens is 4. The van der Waals surface area contributed by atoms with Crippen LogP contribution in [0.25, 0.3) is 0 Å². The van der Waals surface area contributed by atoms with Crippen LogP contribution in [-0.2, 0) is 11.3 Å². The van der Waals surface area contributed by atoms with E-state index in [4.69, 9.17) is 0 Å². The van der Waals surface area contributed by atoms with Crippen molar-refractivity contribution in [3.05, 3.63) is 0 Å². The lowest BCUT2D eigenvalue weighted by Gasteiger charge is -2.24. The molecule has 0 spiro atoms.